The second-order valence-corrected chi connectivity index (χ2v) is 8.60. The highest BCUT2D eigenvalue weighted by Crippen LogP contribution is 2.27. The van der Waals surface area contributed by atoms with Crippen molar-refractivity contribution in [2.24, 2.45) is 4.99 Å². The Hall–Kier alpha value is -1.56. The Labute approximate surface area is 212 Å². The first-order chi connectivity index (χ1) is 15.1. The number of benzene rings is 1. The molecule has 3 atom stereocenters. The molecule has 7 nitrogen and oxygen atoms in total. The van der Waals surface area contributed by atoms with Crippen LogP contribution in [0.25, 0.3) is 0 Å². The Morgan fingerprint density at radius 3 is 2.62 bits per heavy atom. The summed E-state index contributed by atoms with van der Waals surface area (Å²) in [6, 6.07) is 12.3. The fourth-order valence-electron chi connectivity index (χ4n) is 3.65. The Morgan fingerprint density at radius 1 is 1.22 bits per heavy atom. The van der Waals surface area contributed by atoms with Gasteiger partial charge in [-0.1, -0.05) is 18.2 Å². The number of halogens is 1. The summed E-state index contributed by atoms with van der Waals surface area (Å²) in [6.45, 7) is 8.19. The van der Waals surface area contributed by atoms with Gasteiger partial charge in [0.15, 0.2) is 17.5 Å². The molecular formula is C23H35IN4O3S. The fourth-order valence-corrected chi connectivity index (χ4v) is 4.51. The van der Waals surface area contributed by atoms with Crippen molar-refractivity contribution in [3.8, 4) is 11.5 Å². The van der Waals surface area contributed by atoms with Crippen molar-refractivity contribution < 1.29 is 14.2 Å². The Bertz CT molecular complexity index is 821. The molecule has 2 heterocycles. The van der Waals surface area contributed by atoms with Crippen molar-refractivity contribution in [1.82, 2.24) is 15.5 Å². The van der Waals surface area contributed by atoms with Gasteiger partial charge in [0, 0.05) is 31.6 Å². The highest BCUT2D eigenvalue weighted by Gasteiger charge is 2.26. The minimum atomic E-state index is -0.0527. The van der Waals surface area contributed by atoms with Crippen LogP contribution in [0.1, 0.15) is 24.8 Å². The number of hydrogen-bond acceptors (Lipinski definition) is 6. The van der Waals surface area contributed by atoms with Crippen LogP contribution in [0.2, 0.25) is 0 Å². The molecule has 0 bridgehead atoms. The van der Waals surface area contributed by atoms with Gasteiger partial charge in [-0.05, 0) is 37.4 Å². The molecule has 1 fully saturated rings. The summed E-state index contributed by atoms with van der Waals surface area (Å²) in [5.41, 5.74) is 0. The molecule has 0 radical (unpaired) electrons. The zero-order chi connectivity index (χ0) is 22.1. The molecule has 9 heteroatoms. The lowest BCUT2D eigenvalue weighted by Gasteiger charge is -2.37. The lowest BCUT2D eigenvalue weighted by molar-refractivity contribution is -0.0334. The van der Waals surface area contributed by atoms with E-state index in [0.717, 1.165) is 43.7 Å². The Morgan fingerprint density at radius 2 is 1.97 bits per heavy atom. The van der Waals surface area contributed by atoms with Crippen LogP contribution in [-0.4, -0.2) is 70.0 Å². The highest BCUT2D eigenvalue weighted by atomic mass is 127. The molecule has 178 valence electrons. The van der Waals surface area contributed by atoms with Crippen LogP contribution >= 0.6 is 35.3 Å². The number of nitrogens with zero attached hydrogens (tertiary/aromatic N) is 2. The zero-order valence-electron chi connectivity index (χ0n) is 19.2. The number of guanidine groups is 1. The fraction of sp³-hybridized carbons (Fsp3) is 0.522. The molecule has 0 aliphatic carbocycles. The van der Waals surface area contributed by atoms with Crippen molar-refractivity contribution in [3.63, 3.8) is 0 Å². The average molecular weight is 575 g/mol. The quantitative estimate of drug-likeness (QED) is 0.270. The lowest BCUT2D eigenvalue weighted by atomic mass is 10.1. The third kappa shape index (κ3) is 7.79. The average Bonchev–Trinajstić information content (AvgIpc) is 3.31. The molecule has 0 amide bonds. The predicted molar refractivity (Wildman–Crippen MR) is 142 cm³/mol. The van der Waals surface area contributed by atoms with E-state index in [1.165, 1.54) is 4.88 Å². The summed E-state index contributed by atoms with van der Waals surface area (Å²) < 4.78 is 17.1. The molecule has 0 saturated carbocycles. The SMILES string of the molecule is CN=C(NCC(C)Oc1ccccc1OC)NCC(c1cccs1)N1CCOC(C)C1.I. The van der Waals surface area contributed by atoms with Gasteiger partial charge < -0.3 is 24.8 Å². The number of thiophene rings is 1. The maximum absolute atomic E-state index is 6.03. The van der Waals surface area contributed by atoms with Crippen LogP contribution in [-0.2, 0) is 4.74 Å². The van der Waals surface area contributed by atoms with E-state index in [4.69, 9.17) is 14.2 Å². The van der Waals surface area contributed by atoms with Gasteiger partial charge >= 0.3 is 0 Å². The second kappa shape index (κ2) is 13.9. The van der Waals surface area contributed by atoms with E-state index in [0.29, 0.717) is 6.54 Å². The molecule has 2 N–H and O–H groups in total. The van der Waals surface area contributed by atoms with Gasteiger partial charge in [0.1, 0.15) is 6.10 Å². The first-order valence-corrected chi connectivity index (χ1v) is 11.6. The standard InChI is InChI=1S/C23H34N4O3S.HI/c1-17(30-21-9-6-5-8-20(21)28-4)14-25-23(24-3)26-15-19(22-10-7-13-31-22)27-11-12-29-18(2)16-27;/h5-10,13,17-19H,11-12,14-16H2,1-4H3,(H2,24,25,26);1H. The molecule has 0 spiro atoms. The van der Waals surface area contributed by atoms with Crippen LogP contribution in [0.5, 0.6) is 11.5 Å². The normalized spacial score (nSPS) is 18.9. The summed E-state index contributed by atoms with van der Waals surface area (Å²) in [6.07, 6.45) is 0.199. The van der Waals surface area contributed by atoms with Crippen LogP contribution in [0.4, 0.5) is 0 Å². The number of nitrogens with one attached hydrogen (secondary N) is 2. The lowest BCUT2D eigenvalue weighted by Crippen LogP contribution is -2.48. The van der Waals surface area contributed by atoms with Gasteiger partial charge in [-0.25, -0.2) is 0 Å². The van der Waals surface area contributed by atoms with Gasteiger partial charge in [-0.2, -0.15) is 0 Å². The van der Waals surface area contributed by atoms with E-state index in [-0.39, 0.29) is 42.2 Å². The maximum Gasteiger partial charge on any atom is 0.191 e. The van der Waals surface area contributed by atoms with E-state index in [1.54, 1.807) is 25.5 Å². The third-order valence-corrected chi connectivity index (χ3v) is 6.20. The number of para-hydroxylation sites is 2. The van der Waals surface area contributed by atoms with Gasteiger partial charge in [0.05, 0.1) is 32.4 Å². The molecule has 3 unspecified atom stereocenters. The number of rotatable bonds is 9. The molecule has 2 aromatic rings. The molecule has 1 aromatic carbocycles. The third-order valence-electron chi connectivity index (χ3n) is 5.23. The maximum atomic E-state index is 6.03. The molecule has 1 aliphatic rings. The van der Waals surface area contributed by atoms with E-state index in [1.807, 2.05) is 31.2 Å². The van der Waals surface area contributed by atoms with Crippen molar-refractivity contribution >= 4 is 41.3 Å². The first kappa shape index (κ1) is 26.7. The monoisotopic (exact) mass is 574 g/mol. The second-order valence-electron chi connectivity index (χ2n) is 7.62. The zero-order valence-corrected chi connectivity index (χ0v) is 22.4. The van der Waals surface area contributed by atoms with E-state index in [2.05, 4.69) is 45.0 Å². The number of aliphatic imine (C=N–C) groups is 1. The van der Waals surface area contributed by atoms with Crippen LogP contribution in [0.3, 0.4) is 0 Å². The molecule has 1 saturated heterocycles. The van der Waals surface area contributed by atoms with Crippen molar-refractivity contribution in [1.29, 1.82) is 0 Å². The topological polar surface area (TPSA) is 67.4 Å². The molecule has 3 rings (SSSR count). The first-order valence-electron chi connectivity index (χ1n) is 10.7. The number of hydrogen-bond donors (Lipinski definition) is 2. The van der Waals surface area contributed by atoms with Gasteiger partial charge in [-0.3, -0.25) is 9.89 Å². The van der Waals surface area contributed by atoms with Crippen molar-refractivity contribution in [3.05, 3.63) is 46.7 Å². The number of morpholine rings is 1. The van der Waals surface area contributed by atoms with Crippen LogP contribution in [0, 0.1) is 0 Å². The van der Waals surface area contributed by atoms with Crippen LogP contribution < -0.4 is 20.1 Å². The van der Waals surface area contributed by atoms with E-state index in [9.17, 15) is 0 Å². The number of methoxy groups -OCH3 is 1. The summed E-state index contributed by atoms with van der Waals surface area (Å²) in [5, 5.41) is 9.00. The molecule has 1 aliphatic heterocycles. The minimum Gasteiger partial charge on any atom is -0.493 e. The summed E-state index contributed by atoms with van der Waals surface area (Å²) in [5.74, 6) is 2.23. The van der Waals surface area contributed by atoms with Crippen LogP contribution in [0.15, 0.2) is 46.8 Å². The smallest absolute Gasteiger partial charge is 0.191 e. The Kier molecular flexibility index (Phi) is 11.6. The largest absolute Gasteiger partial charge is 0.493 e. The van der Waals surface area contributed by atoms with E-state index < -0.39 is 0 Å². The van der Waals surface area contributed by atoms with Crippen molar-refractivity contribution in [2.75, 3.05) is 46.9 Å². The van der Waals surface area contributed by atoms with Gasteiger partial charge in [-0.15, -0.1) is 35.3 Å². The summed E-state index contributed by atoms with van der Waals surface area (Å²) in [4.78, 5) is 8.23. The van der Waals surface area contributed by atoms with Crippen molar-refractivity contribution in [2.45, 2.75) is 32.1 Å². The highest BCUT2D eigenvalue weighted by molar-refractivity contribution is 14.0. The number of ether oxygens (including phenoxy) is 3. The molecule has 32 heavy (non-hydrogen) atoms. The summed E-state index contributed by atoms with van der Waals surface area (Å²) >= 11 is 1.79. The molecule has 1 aromatic heterocycles. The van der Waals surface area contributed by atoms with E-state index >= 15 is 0 Å². The van der Waals surface area contributed by atoms with Gasteiger partial charge in [0.25, 0.3) is 0 Å². The molecular weight excluding hydrogens is 539 g/mol. The summed E-state index contributed by atoms with van der Waals surface area (Å²) in [7, 11) is 3.44. The minimum absolute atomic E-state index is 0. The van der Waals surface area contributed by atoms with Gasteiger partial charge in [0.2, 0.25) is 0 Å². The predicted octanol–water partition coefficient (Wildman–Crippen LogP) is 3.77. The Balaban J connectivity index is 0.00000363.